The van der Waals surface area contributed by atoms with Crippen LogP contribution in [0.15, 0.2) is 66.7 Å². The van der Waals surface area contributed by atoms with Crippen LogP contribution in [0.25, 0.3) is 0 Å². The summed E-state index contributed by atoms with van der Waals surface area (Å²) in [6.07, 6.45) is 6.63. The highest BCUT2D eigenvalue weighted by Crippen LogP contribution is 2.39. The Morgan fingerprint density at radius 3 is 2.12 bits per heavy atom. The van der Waals surface area contributed by atoms with Crippen molar-refractivity contribution in [3.8, 4) is 17.2 Å². The van der Waals surface area contributed by atoms with Crippen molar-refractivity contribution < 1.29 is 14.2 Å². The lowest BCUT2D eigenvalue weighted by Crippen LogP contribution is -2.24. The first-order chi connectivity index (χ1) is 16.0. The smallest absolute Gasteiger partial charge is 0.127 e. The van der Waals surface area contributed by atoms with Gasteiger partial charge in [0.2, 0.25) is 0 Å². The van der Waals surface area contributed by atoms with Crippen LogP contribution < -0.4 is 14.2 Å². The fraction of sp³-hybridized carbons (Fsp3) is 0.379. The SMILES string of the molecule is COc1ccc(C(Cl)c2ccc(OCc3ccc(C4(C)CCCCC4)cc3)cc2)c(OC)c1. The molecule has 3 aromatic rings. The summed E-state index contributed by atoms with van der Waals surface area (Å²) in [6, 6.07) is 22.6. The van der Waals surface area contributed by atoms with E-state index in [0.29, 0.717) is 17.8 Å². The number of rotatable bonds is 8. The standard InChI is InChI=1S/C29H33ClO3/c1-29(17-5-4-6-18-29)23-11-7-21(8-12-23)20-33-24-13-9-22(10-14-24)28(30)26-16-15-25(31-2)19-27(26)32-3/h7-16,19,28H,4-6,17-18,20H2,1-3H3. The Bertz CT molecular complexity index is 1040. The molecule has 0 N–H and O–H groups in total. The summed E-state index contributed by atoms with van der Waals surface area (Å²) in [6.45, 7) is 2.96. The highest BCUT2D eigenvalue weighted by atomic mass is 35.5. The van der Waals surface area contributed by atoms with Gasteiger partial charge in [0.15, 0.2) is 0 Å². The molecule has 1 aliphatic carbocycles. The zero-order valence-corrected chi connectivity index (χ0v) is 20.5. The van der Waals surface area contributed by atoms with Crippen LogP contribution >= 0.6 is 11.6 Å². The van der Waals surface area contributed by atoms with E-state index in [0.717, 1.165) is 22.6 Å². The average molecular weight is 465 g/mol. The van der Waals surface area contributed by atoms with E-state index >= 15 is 0 Å². The molecule has 33 heavy (non-hydrogen) atoms. The van der Waals surface area contributed by atoms with Crippen molar-refractivity contribution in [1.29, 1.82) is 0 Å². The Morgan fingerprint density at radius 2 is 1.48 bits per heavy atom. The summed E-state index contributed by atoms with van der Waals surface area (Å²) >= 11 is 6.76. The van der Waals surface area contributed by atoms with Crippen LogP contribution in [0.5, 0.6) is 17.2 Å². The van der Waals surface area contributed by atoms with Gasteiger partial charge in [0.25, 0.3) is 0 Å². The molecule has 1 unspecified atom stereocenters. The van der Waals surface area contributed by atoms with Gasteiger partial charge in [-0.25, -0.2) is 0 Å². The van der Waals surface area contributed by atoms with Crippen LogP contribution in [-0.2, 0) is 12.0 Å². The molecule has 0 amide bonds. The first-order valence-electron chi connectivity index (χ1n) is 11.7. The number of hydrogen-bond donors (Lipinski definition) is 0. The van der Waals surface area contributed by atoms with E-state index in [2.05, 4.69) is 31.2 Å². The summed E-state index contributed by atoms with van der Waals surface area (Å²) < 4.78 is 16.8. The summed E-state index contributed by atoms with van der Waals surface area (Å²) in [5, 5.41) is -0.325. The molecule has 0 heterocycles. The molecular weight excluding hydrogens is 432 g/mol. The number of benzene rings is 3. The minimum absolute atomic E-state index is 0.325. The molecule has 4 rings (SSSR count). The van der Waals surface area contributed by atoms with E-state index in [1.807, 2.05) is 42.5 Å². The van der Waals surface area contributed by atoms with Crippen LogP contribution in [0.4, 0.5) is 0 Å². The van der Waals surface area contributed by atoms with Gasteiger partial charge < -0.3 is 14.2 Å². The topological polar surface area (TPSA) is 27.7 Å². The highest BCUT2D eigenvalue weighted by molar-refractivity contribution is 6.22. The maximum atomic E-state index is 6.76. The van der Waals surface area contributed by atoms with Gasteiger partial charge in [-0.1, -0.05) is 62.6 Å². The zero-order chi connectivity index (χ0) is 23.3. The Balaban J connectivity index is 1.38. The Kier molecular flexibility index (Phi) is 7.49. The summed E-state index contributed by atoms with van der Waals surface area (Å²) in [7, 11) is 3.28. The monoisotopic (exact) mass is 464 g/mol. The van der Waals surface area contributed by atoms with E-state index in [4.69, 9.17) is 25.8 Å². The maximum absolute atomic E-state index is 6.76. The van der Waals surface area contributed by atoms with Gasteiger partial charge >= 0.3 is 0 Å². The van der Waals surface area contributed by atoms with Crippen molar-refractivity contribution in [2.45, 2.75) is 56.4 Å². The Morgan fingerprint density at radius 1 is 0.818 bits per heavy atom. The number of halogens is 1. The quantitative estimate of drug-likeness (QED) is 0.318. The molecule has 1 fully saturated rings. The second kappa shape index (κ2) is 10.5. The highest BCUT2D eigenvalue weighted by Gasteiger charge is 2.28. The third kappa shape index (κ3) is 5.47. The van der Waals surface area contributed by atoms with Gasteiger partial charge in [-0.2, -0.15) is 0 Å². The minimum atomic E-state index is -0.325. The molecule has 3 aromatic carbocycles. The molecular formula is C29H33ClO3. The summed E-state index contributed by atoms with van der Waals surface area (Å²) in [4.78, 5) is 0. The van der Waals surface area contributed by atoms with Gasteiger partial charge in [-0.3, -0.25) is 0 Å². The van der Waals surface area contributed by atoms with E-state index < -0.39 is 0 Å². The first kappa shape index (κ1) is 23.5. The molecule has 0 aliphatic heterocycles. The first-order valence-corrected chi connectivity index (χ1v) is 12.1. The van der Waals surface area contributed by atoms with Crippen molar-refractivity contribution >= 4 is 11.6 Å². The van der Waals surface area contributed by atoms with Gasteiger partial charge in [-0.15, -0.1) is 11.6 Å². The predicted octanol–water partition coefficient (Wildman–Crippen LogP) is 7.83. The van der Waals surface area contributed by atoms with Crippen molar-refractivity contribution in [1.82, 2.24) is 0 Å². The fourth-order valence-electron chi connectivity index (χ4n) is 4.73. The lowest BCUT2D eigenvalue weighted by atomic mass is 9.71. The predicted molar refractivity (Wildman–Crippen MR) is 135 cm³/mol. The molecule has 0 spiro atoms. The van der Waals surface area contributed by atoms with Crippen molar-refractivity contribution in [2.75, 3.05) is 14.2 Å². The zero-order valence-electron chi connectivity index (χ0n) is 19.8. The number of methoxy groups -OCH3 is 2. The molecule has 174 valence electrons. The van der Waals surface area contributed by atoms with Gasteiger partial charge in [0.1, 0.15) is 23.9 Å². The third-order valence-corrected chi connectivity index (χ3v) is 7.39. The molecule has 1 saturated carbocycles. The summed E-state index contributed by atoms with van der Waals surface area (Å²) in [5.41, 5.74) is 4.86. The molecule has 1 aliphatic rings. The lowest BCUT2D eigenvalue weighted by molar-refractivity contribution is 0.305. The Labute approximate surface area is 202 Å². The fourth-order valence-corrected chi connectivity index (χ4v) is 5.06. The van der Waals surface area contributed by atoms with E-state index in [1.165, 1.54) is 43.2 Å². The minimum Gasteiger partial charge on any atom is -0.497 e. The lowest BCUT2D eigenvalue weighted by Gasteiger charge is -2.34. The molecule has 0 saturated heterocycles. The van der Waals surface area contributed by atoms with Crippen molar-refractivity contribution in [3.63, 3.8) is 0 Å². The number of ether oxygens (including phenoxy) is 3. The molecule has 0 bridgehead atoms. The van der Waals surface area contributed by atoms with Crippen LogP contribution in [0, 0.1) is 0 Å². The van der Waals surface area contributed by atoms with Crippen LogP contribution in [0.1, 0.15) is 66.7 Å². The molecule has 0 radical (unpaired) electrons. The van der Waals surface area contributed by atoms with E-state index in [-0.39, 0.29) is 5.38 Å². The van der Waals surface area contributed by atoms with E-state index in [1.54, 1.807) is 14.2 Å². The maximum Gasteiger partial charge on any atom is 0.127 e. The van der Waals surface area contributed by atoms with Crippen LogP contribution in [-0.4, -0.2) is 14.2 Å². The number of alkyl halides is 1. The number of hydrogen-bond acceptors (Lipinski definition) is 3. The van der Waals surface area contributed by atoms with Crippen molar-refractivity contribution in [3.05, 3.63) is 89.0 Å². The Hall–Kier alpha value is -2.65. The molecule has 4 heteroatoms. The third-order valence-electron chi connectivity index (χ3n) is 6.90. The molecule has 1 atom stereocenters. The van der Waals surface area contributed by atoms with E-state index in [9.17, 15) is 0 Å². The van der Waals surface area contributed by atoms with Gasteiger partial charge in [0, 0.05) is 11.6 Å². The largest absolute Gasteiger partial charge is 0.497 e. The summed E-state index contributed by atoms with van der Waals surface area (Å²) in [5.74, 6) is 2.27. The normalized spacial score (nSPS) is 16.1. The van der Waals surface area contributed by atoms with Gasteiger partial charge in [0.05, 0.1) is 19.6 Å². The second-order valence-corrected chi connectivity index (χ2v) is 9.58. The molecule has 0 aromatic heterocycles. The van der Waals surface area contributed by atoms with Gasteiger partial charge in [-0.05, 0) is 59.2 Å². The molecule has 3 nitrogen and oxygen atoms in total. The average Bonchev–Trinajstić information content (AvgIpc) is 2.87. The second-order valence-electron chi connectivity index (χ2n) is 9.15. The van der Waals surface area contributed by atoms with Crippen LogP contribution in [0.3, 0.4) is 0 Å². The van der Waals surface area contributed by atoms with Crippen molar-refractivity contribution in [2.24, 2.45) is 0 Å². The van der Waals surface area contributed by atoms with Crippen LogP contribution in [0.2, 0.25) is 0 Å².